The first-order chi connectivity index (χ1) is 14.0. The molecule has 0 saturated carbocycles. The fourth-order valence-corrected chi connectivity index (χ4v) is 3.17. The number of hydrogen-bond acceptors (Lipinski definition) is 2. The summed E-state index contributed by atoms with van der Waals surface area (Å²) in [6, 6.07) is 13.5. The number of benzene rings is 2. The number of H-pyrrole nitrogens is 1. The molecule has 4 aromatic rings. The van der Waals surface area contributed by atoms with Gasteiger partial charge < -0.3 is 9.55 Å². The molecule has 0 amide bonds. The minimum atomic E-state index is -0.932. The summed E-state index contributed by atoms with van der Waals surface area (Å²) >= 11 is 0. The zero-order valence-corrected chi connectivity index (χ0v) is 15.7. The van der Waals surface area contributed by atoms with Crippen LogP contribution >= 0.6 is 0 Å². The predicted octanol–water partition coefficient (Wildman–Crippen LogP) is 3.72. The van der Waals surface area contributed by atoms with E-state index in [2.05, 4.69) is 21.8 Å². The van der Waals surface area contributed by atoms with Crippen molar-refractivity contribution >= 4 is 11.2 Å². The lowest BCUT2D eigenvalue weighted by molar-refractivity contribution is 0.507. The van der Waals surface area contributed by atoms with Crippen molar-refractivity contribution in [2.75, 3.05) is 0 Å². The number of rotatable bonds is 3. The topological polar surface area (TPSA) is 50.7 Å². The Morgan fingerprint density at radius 3 is 2.62 bits per heavy atom. The van der Waals surface area contributed by atoms with Gasteiger partial charge in [-0.1, -0.05) is 42.3 Å². The number of aryl methyl sites for hydroxylation is 1. The maximum Gasteiger partial charge on any atom is 0.210 e. The van der Waals surface area contributed by atoms with Crippen molar-refractivity contribution in [3.63, 3.8) is 0 Å². The first-order valence-electron chi connectivity index (χ1n) is 9.06. The quantitative estimate of drug-likeness (QED) is 0.543. The molecule has 0 bridgehead atoms. The zero-order valence-electron chi connectivity index (χ0n) is 15.7. The number of nitrogens with one attached hydrogen (secondary N) is 1. The van der Waals surface area contributed by atoms with E-state index in [0.717, 1.165) is 17.7 Å². The molecule has 0 unspecified atom stereocenters. The summed E-state index contributed by atoms with van der Waals surface area (Å²) in [6.07, 6.45) is 2.43. The molecule has 0 saturated heterocycles. The average molecular weight is 389 g/mol. The third kappa shape index (κ3) is 3.94. The van der Waals surface area contributed by atoms with Gasteiger partial charge >= 0.3 is 0 Å². The minimum absolute atomic E-state index is 0.188. The fourth-order valence-electron chi connectivity index (χ4n) is 3.17. The second kappa shape index (κ2) is 7.72. The van der Waals surface area contributed by atoms with Crippen LogP contribution in [-0.4, -0.2) is 14.5 Å². The van der Waals surface area contributed by atoms with Crippen LogP contribution in [0.1, 0.15) is 22.5 Å². The number of fused-ring (bicyclic) bond motifs is 1. The molecular weight excluding hydrogens is 372 g/mol. The number of nitrogens with zero attached hydrogens (tertiary/aromatic N) is 2. The Bertz CT molecular complexity index is 1310. The molecule has 2 aromatic heterocycles. The largest absolute Gasteiger partial charge is 0.334 e. The van der Waals surface area contributed by atoms with Gasteiger partial charge in [-0.25, -0.2) is 13.8 Å². The number of aromatic nitrogens is 3. The highest BCUT2D eigenvalue weighted by molar-refractivity contribution is 5.72. The average Bonchev–Trinajstić information content (AvgIpc) is 3.15. The number of halogens is 2. The summed E-state index contributed by atoms with van der Waals surface area (Å²) in [6.45, 7) is 0. The SMILES string of the molecule is Cn1cc(Cc2ccc(F)c(F)c2)c(=O)c2[nH]c(C#CCc3ccccc3)nc21. The molecular formula is C23H17F2N3O. The van der Waals surface area contributed by atoms with E-state index in [4.69, 9.17) is 0 Å². The first-order valence-corrected chi connectivity index (χ1v) is 9.06. The summed E-state index contributed by atoms with van der Waals surface area (Å²) in [5, 5.41) is 0. The molecule has 0 radical (unpaired) electrons. The van der Waals surface area contributed by atoms with E-state index in [9.17, 15) is 13.6 Å². The Balaban J connectivity index is 1.65. The summed E-state index contributed by atoms with van der Waals surface area (Å²) in [4.78, 5) is 20.2. The summed E-state index contributed by atoms with van der Waals surface area (Å²) in [5.41, 5.74) is 2.68. The monoisotopic (exact) mass is 389 g/mol. The Morgan fingerprint density at radius 1 is 1.07 bits per heavy atom. The highest BCUT2D eigenvalue weighted by atomic mass is 19.2. The molecule has 144 valence electrons. The van der Waals surface area contributed by atoms with Crippen LogP contribution < -0.4 is 5.43 Å². The number of imidazole rings is 1. The second-order valence-electron chi connectivity index (χ2n) is 6.77. The van der Waals surface area contributed by atoms with E-state index in [1.165, 1.54) is 6.07 Å². The van der Waals surface area contributed by atoms with Gasteiger partial charge in [0.05, 0.1) is 0 Å². The fraction of sp³-hybridized carbons (Fsp3) is 0.130. The van der Waals surface area contributed by atoms with Crippen molar-refractivity contribution in [2.45, 2.75) is 12.8 Å². The van der Waals surface area contributed by atoms with Crippen LogP contribution in [0.25, 0.3) is 11.2 Å². The molecule has 0 aliphatic heterocycles. The lowest BCUT2D eigenvalue weighted by atomic mass is 10.1. The first kappa shape index (κ1) is 18.6. The van der Waals surface area contributed by atoms with E-state index in [1.54, 1.807) is 17.8 Å². The molecule has 6 heteroatoms. The summed E-state index contributed by atoms with van der Waals surface area (Å²) in [5.74, 6) is 4.58. The molecule has 0 aliphatic rings. The Labute approximate surface area is 165 Å². The molecule has 2 heterocycles. The van der Waals surface area contributed by atoms with Gasteiger partial charge in [0.2, 0.25) is 5.43 Å². The Hall–Kier alpha value is -3.72. The Kier molecular flexibility index (Phi) is 4.96. The van der Waals surface area contributed by atoms with Gasteiger partial charge in [0.1, 0.15) is 5.52 Å². The van der Waals surface area contributed by atoms with Gasteiger partial charge in [0.15, 0.2) is 23.1 Å². The maximum absolute atomic E-state index is 13.5. The van der Waals surface area contributed by atoms with Gasteiger partial charge in [-0.2, -0.15) is 0 Å². The lowest BCUT2D eigenvalue weighted by Gasteiger charge is -2.06. The van der Waals surface area contributed by atoms with Crippen molar-refractivity contribution in [2.24, 2.45) is 7.05 Å². The van der Waals surface area contributed by atoms with Gasteiger partial charge in [0.25, 0.3) is 0 Å². The van der Waals surface area contributed by atoms with E-state index >= 15 is 0 Å². The highest BCUT2D eigenvalue weighted by Gasteiger charge is 2.13. The third-order valence-electron chi connectivity index (χ3n) is 4.61. The summed E-state index contributed by atoms with van der Waals surface area (Å²) < 4.78 is 28.3. The van der Waals surface area contributed by atoms with E-state index < -0.39 is 11.6 Å². The van der Waals surface area contributed by atoms with Gasteiger partial charge in [0, 0.05) is 31.6 Å². The number of hydrogen-bond donors (Lipinski definition) is 1. The van der Waals surface area contributed by atoms with Crippen molar-refractivity contribution in [1.29, 1.82) is 0 Å². The summed E-state index contributed by atoms with van der Waals surface area (Å²) in [7, 11) is 1.78. The van der Waals surface area contributed by atoms with Crippen molar-refractivity contribution in [1.82, 2.24) is 14.5 Å². The molecule has 1 N–H and O–H groups in total. The molecule has 2 aromatic carbocycles. The smallest absolute Gasteiger partial charge is 0.210 e. The van der Waals surface area contributed by atoms with Crippen LogP contribution in [0.15, 0.2) is 59.5 Å². The standard InChI is InChI=1S/C23H17F2N3O/c1-28-14-17(12-16-10-11-18(24)19(25)13-16)22(29)21-23(28)27-20(26-21)9-5-8-15-6-3-2-4-7-15/h2-4,6-7,10-11,13-14H,8,12H2,1H3,(H,26,27). The molecule has 0 aliphatic carbocycles. The molecule has 0 atom stereocenters. The molecule has 4 nitrogen and oxygen atoms in total. The van der Waals surface area contributed by atoms with Crippen molar-refractivity contribution < 1.29 is 8.78 Å². The van der Waals surface area contributed by atoms with Gasteiger partial charge in [-0.15, -0.1) is 0 Å². The van der Waals surface area contributed by atoms with Crippen LogP contribution in [0.2, 0.25) is 0 Å². The maximum atomic E-state index is 13.5. The minimum Gasteiger partial charge on any atom is -0.334 e. The highest BCUT2D eigenvalue weighted by Crippen LogP contribution is 2.14. The van der Waals surface area contributed by atoms with E-state index in [1.807, 2.05) is 30.3 Å². The Morgan fingerprint density at radius 2 is 1.86 bits per heavy atom. The van der Waals surface area contributed by atoms with Gasteiger partial charge in [-0.3, -0.25) is 4.79 Å². The van der Waals surface area contributed by atoms with Gasteiger partial charge in [-0.05, 0) is 29.2 Å². The molecule has 4 rings (SSSR count). The zero-order chi connectivity index (χ0) is 20.4. The molecule has 29 heavy (non-hydrogen) atoms. The second-order valence-corrected chi connectivity index (χ2v) is 6.77. The van der Waals surface area contributed by atoms with Crippen LogP contribution in [0.4, 0.5) is 8.78 Å². The normalized spacial score (nSPS) is 10.7. The van der Waals surface area contributed by atoms with Crippen LogP contribution in [-0.2, 0) is 19.9 Å². The van der Waals surface area contributed by atoms with Crippen LogP contribution in [0.5, 0.6) is 0 Å². The van der Waals surface area contributed by atoms with Crippen LogP contribution in [0.3, 0.4) is 0 Å². The van der Waals surface area contributed by atoms with Crippen molar-refractivity contribution in [3.8, 4) is 11.8 Å². The van der Waals surface area contributed by atoms with E-state index in [-0.39, 0.29) is 11.8 Å². The van der Waals surface area contributed by atoms with Crippen molar-refractivity contribution in [3.05, 3.63) is 99.1 Å². The number of aromatic amines is 1. The predicted molar refractivity (Wildman–Crippen MR) is 108 cm³/mol. The van der Waals surface area contributed by atoms with E-state index in [0.29, 0.717) is 34.5 Å². The lowest BCUT2D eigenvalue weighted by Crippen LogP contribution is -2.14. The third-order valence-corrected chi connectivity index (χ3v) is 4.61. The molecule has 0 fully saturated rings. The molecule has 0 spiro atoms. The number of pyridine rings is 1. The van der Waals surface area contributed by atoms with Crippen LogP contribution in [0, 0.1) is 23.5 Å².